The Labute approximate surface area is 150 Å². The summed E-state index contributed by atoms with van der Waals surface area (Å²) < 4.78 is 38.4. The molecule has 0 fully saturated rings. The van der Waals surface area contributed by atoms with Gasteiger partial charge < -0.3 is 0 Å². The number of rotatable bonds is 4. The second-order valence-electron chi connectivity index (χ2n) is 5.28. The van der Waals surface area contributed by atoms with Crippen molar-refractivity contribution in [2.75, 3.05) is 0 Å². The van der Waals surface area contributed by atoms with Gasteiger partial charge in [-0.1, -0.05) is 46.3 Å². The van der Waals surface area contributed by atoms with E-state index in [2.05, 4.69) is 45.2 Å². The smallest absolute Gasteiger partial charge is 0.256 e. The molecule has 6 heteroatoms. The van der Waals surface area contributed by atoms with E-state index in [-0.39, 0.29) is 0 Å². The molecule has 0 aliphatic rings. The number of hydrogen-bond donors (Lipinski definition) is 0. The van der Waals surface area contributed by atoms with Gasteiger partial charge in [-0.05, 0) is 29.3 Å². The molecule has 0 unspecified atom stereocenters. The van der Waals surface area contributed by atoms with Gasteiger partial charge in [0.25, 0.3) is 0 Å². The van der Waals surface area contributed by atoms with Gasteiger partial charge in [0, 0.05) is 27.6 Å². The first kappa shape index (κ1) is 17.3. The van der Waals surface area contributed by atoms with E-state index in [1.165, 1.54) is 17.2 Å². The van der Waals surface area contributed by atoms with Crippen LogP contribution in [0.3, 0.4) is 0 Å². The monoisotopic (exact) mass is 411 g/mol. The third-order valence-corrected chi connectivity index (χ3v) is 5.39. The molecule has 0 aliphatic carbocycles. The van der Waals surface area contributed by atoms with Crippen LogP contribution in [0.1, 0.15) is 16.7 Å². The van der Waals surface area contributed by atoms with Crippen molar-refractivity contribution in [3.8, 4) is 0 Å². The molecule has 3 rings (SSSR count). The molecule has 0 saturated heterocycles. The van der Waals surface area contributed by atoms with Crippen molar-refractivity contribution in [3.05, 3.63) is 71.4 Å². The van der Waals surface area contributed by atoms with Crippen molar-refractivity contribution >= 4 is 38.6 Å². The van der Waals surface area contributed by atoms with Crippen LogP contribution in [-0.4, -0.2) is 4.98 Å². The Hall–Kier alpha value is -1.53. The maximum Gasteiger partial charge on any atom is 0.416 e. The zero-order valence-electron chi connectivity index (χ0n) is 12.5. The number of pyridine rings is 1. The van der Waals surface area contributed by atoms with Gasteiger partial charge in [0.1, 0.15) is 0 Å². The molecule has 0 spiro atoms. The molecule has 0 radical (unpaired) electrons. The molecule has 1 aromatic heterocycles. The number of alkyl halides is 4. The number of fused-ring (bicyclic) bond motifs is 1. The maximum absolute atomic E-state index is 12.8. The van der Waals surface area contributed by atoms with Crippen LogP contribution in [0.5, 0.6) is 0 Å². The molecule has 3 aromatic rings. The number of thioether (sulfide) groups is 1. The molecular formula is C18H13BrF3NS. The van der Waals surface area contributed by atoms with Crippen molar-refractivity contribution in [3.63, 3.8) is 0 Å². The normalized spacial score (nSPS) is 11.8. The average Bonchev–Trinajstić information content (AvgIpc) is 2.59. The molecule has 24 heavy (non-hydrogen) atoms. The predicted molar refractivity (Wildman–Crippen MR) is 95.4 cm³/mol. The lowest BCUT2D eigenvalue weighted by atomic mass is 10.1. The number of halogens is 4. The van der Waals surface area contributed by atoms with E-state index in [0.717, 1.165) is 33.5 Å². The summed E-state index contributed by atoms with van der Waals surface area (Å²) in [5.41, 5.74) is 2.07. The molecule has 0 saturated carbocycles. The first-order chi connectivity index (χ1) is 11.5. The van der Waals surface area contributed by atoms with Crippen molar-refractivity contribution in [2.45, 2.75) is 22.2 Å². The summed E-state index contributed by atoms with van der Waals surface area (Å²) in [5, 5.41) is 1.56. The van der Waals surface area contributed by atoms with E-state index in [4.69, 9.17) is 0 Å². The number of benzene rings is 2. The largest absolute Gasteiger partial charge is 0.416 e. The minimum absolute atomic E-state index is 0.365. The minimum atomic E-state index is -4.35. The first-order valence-electron chi connectivity index (χ1n) is 7.20. The molecule has 2 aromatic carbocycles. The summed E-state index contributed by atoms with van der Waals surface area (Å²) in [6.45, 7) is 0. The molecular weight excluding hydrogens is 399 g/mol. The Morgan fingerprint density at radius 1 is 0.958 bits per heavy atom. The fraction of sp³-hybridized carbons (Fsp3) is 0.167. The Morgan fingerprint density at radius 3 is 2.33 bits per heavy atom. The first-order valence-corrected chi connectivity index (χ1v) is 9.30. The topological polar surface area (TPSA) is 12.9 Å². The lowest BCUT2D eigenvalue weighted by Gasteiger charge is -2.10. The van der Waals surface area contributed by atoms with Crippen molar-refractivity contribution in [1.82, 2.24) is 4.98 Å². The molecule has 0 N–H and O–H groups in total. The summed E-state index contributed by atoms with van der Waals surface area (Å²) in [6.07, 6.45) is -2.80. The fourth-order valence-electron chi connectivity index (χ4n) is 2.31. The van der Waals surface area contributed by atoms with Crippen molar-refractivity contribution in [1.29, 1.82) is 0 Å². The van der Waals surface area contributed by atoms with Crippen LogP contribution in [0.2, 0.25) is 0 Å². The molecule has 124 valence electrons. The van der Waals surface area contributed by atoms with Gasteiger partial charge in [-0.3, -0.25) is 4.98 Å². The molecule has 0 atom stereocenters. The Bertz CT molecular complexity index is 847. The maximum atomic E-state index is 12.8. The number of nitrogens with zero attached hydrogens (tertiary/aromatic N) is 1. The average molecular weight is 412 g/mol. The van der Waals surface area contributed by atoms with Crippen LogP contribution in [0.15, 0.2) is 59.6 Å². The van der Waals surface area contributed by atoms with E-state index in [9.17, 15) is 13.2 Å². The van der Waals surface area contributed by atoms with E-state index >= 15 is 0 Å². The number of hydrogen-bond acceptors (Lipinski definition) is 2. The second-order valence-corrected chi connectivity index (χ2v) is 6.86. The molecule has 0 aliphatic heterocycles. The van der Waals surface area contributed by atoms with Gasteiger partial charge in [-0.25, -0.2) is 0 Å². The van der Waals surface area contributed by atoms with Crippen LogP contribution in [-0.2, 0) is 17.3 Å². The van der Waals surface area contributed by atoms with Gasteiger partial charge in [0.05, 0.1) is 11.1 Å². The highest BCUT2D eigenvalue weighted by molar-refractivity contribution is 9.08. The van der Waals surface area contributed by atoms with E-state index < -0.39 is 11.7 Å². The molecule has 0 amide bonds. The van der Waals surface area contributed by atoms with Gasteiger partial charge in [-0.2, -0.15) is 13.2 Å². The summed E-state index contributed by atoms with van der Waals surface area (Å²) in [7, 11) is 0. The van der Waals surface area contributed by atoms with E-state index in [1.807, 2.05) is 6.07 Å². The zero-order valence-corrected chi connectivity index (χ0v) is 14.9. The highest BCUT2D eigenvalue weighted by Crippen LogP contribution is 2.34. The SMILES string of the molecule is FC(F)(F)c1ccc2c(SCc3ccc(CBr)cc3)ccnc2c1. The van der Waals surface area contributed by atoms with Crippen LogP contribution < -0.4 is 0 Å². The summed E-state index contributed by atoms with van der Waals surface area (Å²) in [4.78, 5) is 5.00. The summed E-state index contributed by atoms with van der Waals surface area (Å²) >= 11 is 5.01. The third-order valence-electron chi connectivity index (χ3n) is 3.60. The lowest BCUT2D eigenvalue weighted by Crippen LogP contribution is -2.04. The minimum Gasteiger partial charge on any atom is -0.256 e. The molecule has 0 bridgehead atoms. The highest BCUT2D eigenvalue weighted by atomic mass is 79.9. The standard InChI is InChI=1S/C18H13BrF3NS/c19-10-12-1-3-13(4-2-12)11-24-17-7-8-23-16-9-14(18(20,21)22)5-6-15(16)17/h1-9H,10-11H2. The van der Waals surface area contributed by atoms with Crippen LogP contribution in [0.25, 0.3) is 10.9 Å². The highest BCUT2D eigenvalue weighted by Gasteiger charge is 2.30. The zero-order chi connectivity index (χ0) is 17.2. The third kappa shape index (κ3) is 3.92. The summed E-state index contributed by atoms with van der Waals surface area (Å²) in [5.74, 6) is 0.753. The van der Waals surface area contributed by atoms with Gasteiger partial charge in [-0.15, -0.1) is 11.8 Å². The Balaban J connectivity index is 1.84. The lowest BCUT2D eigenvalue weighted by molar-refractivity contribution is -0.137. The van der Waals surface area contributed by atoms with Gasteiger partial charge in [0.2, 0.25) is 0 Å². The van der Waals surface area contributed by atoms with E-state index in [1.54, 1.807) is 18.0 Å². The van der Waals surface area contributed by atoms with Crippen LogP contribution in [0, 0.1) is 0 Å². The number of aromatic nitrogens is 1. The molecule has 1 heterocycles. The predicted octanol–water partition coefficient (Wildman–Crippen LogP) is 6.44. The Kier molecular flexibility index (Phi) is 5.15. The Morgan fingerprint density at radius 2 is 1.67 bits per heavy atom. The summed E-state index contributed by atoms with van der Waals surface area (Å²) in [6, 6.07) is 13.8. The molecule has 1 nitrogen and oxygen atoms in total. The van der Waals surface area contributed by atoms with E-state index in [0.29, 0.717) is 5.52 Å². The fourth-order valence-corrected chi connectivity index (χ4v) is 3.68. The van der Waals surface area contributed by atoms with Gasteiger partial charge >= 0.3 is 6.18 Å². The van der Waals surface area contributed by atoms with Crippen molar-refractivity contribution in [2.24, 2.45) is 0 Å². The van der Waals surface area contributed by atoms with Crippen molar-refractivity contribution < 1.29 is 13.2 Å². The van der Waals surface area contributed by atoms with Crippen LogP contribution >= 0.6 is 27.7 Å². The van der Waals surface area contributed by atoms with Gasteiger partial charge in [0.15, 0.2) is 0 Å². The second kappa shape index (κ2) is 7.15. The quantitative estimate of drug-likeness (QED) is 0.361. The van der Waals surface area contributed by atoms with Crippen LogP contribution in [0.4, 0.5) is 13.2 Å².